The molecule has 2 fully saturated rings. The number of ether oxygens (including phenoxy) is 1. The fraction of sp³-hybridized carbons (Fsp3) is 0.640. The minimum absolute atomic E-state index is 0.0393. The molecule has 1 aromatic rings. The fourth-order valence-electron chi connectivity index (χ4n) is 5.22. The zero-order chi connectivity index (χ0) is 22.2. The van der Waals surface area contributed by atoms with Gasteiger partial charge in [0.25, 0.3) is 0 Å². The van der Waals surface area contributed by atoms with Gasteiger partial charge in [0.2, 0.25) is 11.8 Å². The summed E-state index contributed by atoms with van der Waals surface area (Å²) in [7, 11) is 0. The Morgan fingerprint density at radius 2 is 1.94 bits per heavy atom. The van der Waals surface area contributed by atoms with Gasteiger partial charge >= 0.3 is 0 Å². The van der Waals surface area contributed by atoms with Crippen LogP contribution in [0.15, 0.2) is 18.2 Å². The van der Waals surface area contributed by atoms with Crippen molar-refractivity contribution in [1.82, 2.24) is 10.2 Å². The summed E-state index contributed by atoms with van der Waals surface area (Å²) in [6, 6.07) is 5.36. The van der Waals surface area contributed by atoms with Gasteiger partial charge in [0.15, 0.2) is 5.78 Å². The van der Waals surface area contributed by atoms with Crippen molar-refractivity contribution >= 4 is 17.6 Å². The Balaban J connectivity index is 1.42. The lowest BCUT2D eigenvalue weighted by atomic mass is 9.84. The number of aryl methyl sites for hydroxylation is 1. The van der Waals surface area contributed by atoms with E-state index in [1.165, 1.54) is 0 Å². The first-order valence-corrected chi connectivity index (χ1v) is 11.7. The molecule has 1 aromatic carbocycles. The van der Waals surface area contributed by atoms with E-state index in [2.05, 4.69) is 12.2 Å². The second-order valence-corrected chi connectivity index (χ2v) is 9.86. The summed E-state index contributed by atoms with van der Waals surface area (Å²) in [5.41, 5.74) is 0.994. The molecule has 1 saturated heterocycles. The second-order valence-electron chi connectivity index (χ2n) is 9.86. The molecule has 31 heavy (non-hydrogen) atoms. The van der Waals surface area contributed by atoms with Crippen molar-refractivity contribution in [3.63, 3.8) is 0 Å². The van der Waals surface area contributed by atoms with Gasteiger partial charge in [-0.3, -0.25) is 14.4 Å². The lowest BCUT2D eigenvalue weighted by Gasteiger charge is -2.37. The van der Waals surface area contributed by atoms with Crippen molar-refractivity contribution in [3.05, 3.63) is 29.3 Å². The van der Waals surface area contributed by atoms with E-state index in [0.29, 0.717) is 30.7 Å². The monoisotopic (exact) mass is 426 g/mol. The number of ketones is 1. The lowest BCUT2D eigenvalue weighted by molar-refractivity contribution is -0.139. The Kier molecular flexibility index (Phi) is 6.09. The van der Waals surface area contributed by atoms with Gasteiger partial charge in [-0.2, -0.15) is 0 Å². The Bertz CT molecular complexity index is 874. The van der Waals surface area contributed by atoms with Gasteiger partial charge < -0.3 is 15.0 Å². The van der Waals surface area contributed by atoms with Crippen LogP contribution in [-0.4, -0.2) is 46.7 Å². The van der Waals surface area contributed by atoms with E-state index in [9.17, 15) is 14.4 Å². The largest absolute Gasteiger partial charge is 0.486 e. The molecule has 6 heteroatoms. The fourth-order valence-corrected chi connectivity index (χ4v) is 5.22. The number of rotatable bonds is 3. The van der Waals surface area contributed by atoms with E-state index in [1.54, 1.807) is 4.90 Å². The molecule has 2 aliphatic heterocycles. The number of fused-ring (bicyclic) bond motifs is 1. The maximum atomic E-state index is 12.9. The summed E-state index contributed by atoms with van der Waals surface area (Å²) in [6.45, 7) is 6.44. The van der Waals surface area contributed by atoms with Crippen molar-refractivity contribution in [2.75, 3.05) is 6.54 Å². The first-order valence-electron chi connectivity index (χ1n) is 11.7. The number of benzene rings is 1. The van der Waals surface area contributed by atoms with Crippen molar-refractivity contribution in [3.8, 4) is 5.75 Å². The minimum atomic E-state index is -0.667. The molecular weight excluding hydrogens is 392 g/mol. The number of carbonyl (C=O) groups excluding carboxylic acids is 3. The van der Waals surface area contributed by atoms with Gasteiger partial charge in [0.05, 0.1) is 12.0 Å². The predicted octanol–water partition coefficient (Wildman–Crippen LogP) is 3.79. The highest BCUT2D eigenvalue weighted by Crippen LogP contribution is 2.40. The first kappa shape index (κ1) is 21.8. The number of amides is 2. The third-order valence-corrected chi connectivity index (χ3v) is 7.38. The van der Waals surface area contributed by atoms with Crippen LogP contribution in [0.5, 0.6) is 5.75 Å². The standard InChI is InChI=1S/C25H34N2O4/c1-16-4-7-19(8-5-16)26-24(30)18(3)27-13-12-25(11-10-23(27)29)15-21(28)20-14-17(2)6-9-22(20)31-25/h6,9,14,16,18-19H,4-5,7-8,10-13,15H2,1-3H3,(H,26,30)/t16?,18-,19?,25-/m1/s1. The molecule has 0 radical (unpaired) electrons. The van der Waals surface area contributed by atoms with Crippen LogP contribution in [0.1, 0.15) is 81.1 Å². The Morgan fingerprint density at radius 3 is 2.68 bits per heavy atom. The predicted molar refractivity (Wildman–Crippen MR) is 118 cm³/mol. The van der Waals surface area contributed by atoms with Gasteiger partial charge in [-0.15, -0.1) is 0 Å². The number of hydrogen-bond acceptors (Lipinski definition) is 4. The van der Waals surface area contributed by atoms with E-state index >= 15 is 0 Å². The minimum Gasteiger partial charge on any atom is -0.486 e. The molecule has 2 heterocycles. The van der Waals surface area contributed by atoms with Crippen molar-refractivity contribution in [2.24, 2.45) is 5.92 Å². The molecule has 1 N–H and O–H groups in total. The van der Waals surface area contributed by atoms with Crippen molar-refractivity contribution in [2.45, 2.75) is 89.8 Å². The Hall–Kier alpha value is -2.37. The third kappa shape index (κ3) is 4.63. The summed E-state index contributed by atoms with van der Waals surface area (Å²) < 4.78 is 6.33. The van der Waals surface area contributed by atoms with Crippen LogP contribution < -0.4 is 10.1 Å². The van der Waals surface area contributed by atoms with E-state index in [1.807, 2.05) is 32.0 Å². The molecule has 3 aliphatic rings. The molecule has 1 spiro atoms. The van der Waals surface area contributed by atoms with Crippen LogP contribution in [0, 0.1) is 12.8 Å². The van der Waals surface area contributed by atoms with Crippen LogP contribution in [0.25, 0.3) is 0 Å². The van der Waals surface area contributed by atoms with Crippen molar-refractivity contribution in [1.29, 1.82) is 0 Å². The zero-order valence-electron chi connectivity index (χ0n) is 18.9. The highest BCUT2D eigenvalue weighted by atomic mass is 16.5. The lowest BCUT2D eigenvalue weighted by Crippen LogP contribution is -2.51. The Labute approximate surface area is 184 Å². The van der Waals surface area contributed by atoms with Gasteiger partial charge in [-0.05, 0) is 64.0 Å². The van der Waals surface area contributed by atoms with E-state index < -0.39 is 11.6 Å². The second kappa shape index (κ2) is 8.64. The van der Waals surface area contributed by atoms with Crippen LogP contribution in [0.4, 0.5) is 0 Å². The molecule has 6 nitrogen and oxygen atoms in total. The smallest absolute Gasteiger partial charge is 0.242 e. The normalized spacial score (nSPS) is 29.7. The molecule has 0 bridgehead atoms. The molecular formula is C25H34N2O4. The quantitative estimate of drug-likeness (QED) is 0.798. The molecule has 0 unspecified atom stereocenters. The van der Waals surface area contributed by atoms with Crippen LogP contribution in [0.3, 0.4) is 0 Å². The Morgan fingerprint density at radius 1 is 1.19 bits per heavy atom. The molecule has 1 saturated carbocycles. The van der Waals surface area contributed by atoms with E-state index in [0.717, 1.165) is 37.2 Å². The SMILES string of the molecule is Cc1ccc2c(c1)C(=O)C[C@]1(CCC(=O)N([C@H](C)C(=O)NC3CCC(C)CC3)CC1)O2. The zero-order valence-corrected chi connectivity index (χ0v) is 18.9. The number of nitrogens with one attached hydrogen (secondary N) is 1. The molecule has 2 amide bonds. The maximum Gasteiger partial charge on any atom is 0.242 e. The summed E-state index contributed by atoms with van der Waals surface area (Å²) in [4.78, 5) is 40.3. The average Bonchev–Trinajstić information content (AvgIpc) is 2.89. The summed E-state index contributed by atoms with van der Waals surface area (Å²) in [5, 5.41) is 3.16. The summed E-state index contributed by atoms with van der Waals surface area (Å²) in [5.74, 6) is 1.29. The van der Waals surface area contributed by atoms with Gasteiger partial charge in [-0.1, -0.05) is 18.6 Å². The molecule has 168 valence electrons. The summed E-state index contributed by atoms with van der Waals surface area (Å²) in [6.07, 6.45) is 5.90. The summed E-state index contributed by atoms with van der Waals surface area (Å²) >= 11 is 0. The molecule has 4 rings (SSSR count). The average molecular weight is 427 g/mol. The number of hydrogen-bond donors (Lipinski definition) is 1. The number of likely N-dealkylation sites (tertiary alicyclic amines) is 1. The van der Waals surface area contributed by atoms with Gasteiger partial charge in [-0.25, -0.2) is 0 Å². The number of carbonyl (C=O) groups is 3. The van der Waals surface area contributed by atoms with Crippen molar-refractivity contribution < 1.29 is 19.1 Å². The van der Waals surface area contributed by atoms with Crippen LogP contribution >= 0.6 is 0 Å². The number of nitrogens with zero attached hydrogens (tertiary/aromatic N) is 1. The highest BCUT2D eigenvalue weighted by Gasteiger charge is 2.44. The van der Waals surface area contributed by atoms with Gasteiger partial charge in [0.1, 0.15) is 17.4 Å². The van der Waals surface area contributed by atoms with Crippen LogP contribution in [-0.2, 0) is 9.59 Å². The van der Waals surface area contributed by atoms with E-state index in [-0.39, 0.29) is 36.5 Å². The highest BCUT2D eigenvalue weighted by molar-refractivity contribution is 6.00. The topological polar surface area (TPSA) is 75.7 Å². The first-order chi connectivity index (χ1) is 14.8. The molecule has 2 atom stereocenters. The third-order valence-electron chi connectivity index (χ3n) is 7.38. The number of Topliss-reactive ketones (excluding diaryl/α,β-unsaturated/α-hetero) is 1. The van der Waals surface area contributed by atoms with E-state index in [4.69, 9.17) is 4.74 Å². The van der Waals surface area contributed by atoms with Crippen LogP contribution in [0.2, 0.25) is 0 Å². The van der Waals surface area contributed by atoms with Gasteiger partial charge in [0, 0.05) is 25.4 Å². The maximum absolute atomic E-state index is 12.9. The molecule has 1 aliphatic carbocycles. The molecule has 0 aromatic heterocycles.